The topological polar surface area (TPSA) is 112 Å². The van der Waals surface area contributed by atoms with E-state index in [-0.39, 0.29) is 16.3 Å². The molecule has 0 unspecified atom stereocenters. The van der Waals surface area contributed by atoms with Crippen LogP contribution in [0.3, 0.4) is 0 Å². The third-order valence-corrected chi connectivity index (χ3v) is 7.13. The molecule has 0 saturated carbocycles. The maximum Gasteiger partial charge on any atom is 0.255 e. The van der Waals surface area contributed by atoms with Gasteiger partial charge in [0.05, 0.1) is 4.90 Å². The number of anilines is 1. The Balaban J connectivity index is 1.87. The van der Waals surface area contributed by atoms with Crippen LogP contribution < -0.4 is 10.1 Å². The second-order valence-electron chi connectivity index (χ2n) is 7.70. The van der Waals surface area contributed by atoms with Gasteiger partial charge in [0, 0.05) is 31.5 Å². The number of carbonyl (C=O) groups excluding carboxylic acids is 1. The van der Waals surface area contributed by atoms with Crippen LogP contribution in [0.15, 0.2) is 53.6 Å². The maximum atomic E-state index is 12.9. The molecule has 1 aromatic heterocycles. The molecule has 0 aliphatic rings. The van der Waals surface area contributed by atoms with E-state index in [2.05, 4.69) is 10.3 Å². The molecule has 0 atom stereocenters. The highest BCUT2D eigenvalue weighted by Crippen LogP contribution is 2.28. The van der Waals surface area contributed by atoms with E-state index in [0.29, 0.717) is 28.1 Å². The van der Waals surface area contributed by atoms with Crippen LogP contribution in [0.4, 0.5) is 5.69 Å². The monoisotopic (exact) mass is 464 g/mol. The fourth-order valence-corrected chi connectivity index (χ4v) is 4.34. The molecule has 0 aliphatic carbocycles. The summed E-state index contributed by atoms with van der Waals surface area (Å²) in [5, 5.41) is 12.0. The van der Waals surface area contributed by atoms with Crippen molar-refractivity contribution in [1.82, 2.24) is 9.29 Å². The van der Waals surface area contributed by atoms with Crippen LogP contribution in [0.25, 0.3) is 0 Å². The van der Waals surface area contributed by atoms with Crippen LogP contribution in [0.2, 0.25) is 0 Å². The average Bonchev–Trinajstić information content (AvgIpc) is 2.77. The SMILES string of the molecule is Cc1cc(Oc2ncccc2C#N)ccc1NC(=O)c1cc(C)c(C)c(S(=O)(=O)N(C)C)c1. The number of nitriles is 1. The third kappa shape index (κ3) is 5.03. The number of pyridine rings is 1. The molecule has 0 aliphatic heterocycles. The summed E-state index contributed by atoms with van der Waals surface area (Å²) in [6, 6.07) is 13.4. The number of nitrogens with zero attached hydrogens (tertiary/aromatic N) is 3. The average molecular weight is 465 g/mol. The molecule has 1 heterocycles. The quantitative estimate of drug-likeness (QED) is 0.586. The third-order valence-electron chi connectivity index (χ3n) is 5.19. The number of nitrogens with one attached hydrogen (secondary N) is 1. The summed E-state index contributed by atoms with van der Waals surface area (Å²) in [6.07, 6.45) is 1.53. The number of sulfonamides is 1. The molecule has 0 radical (unpaired) electrons. The predicted molar refractivity (Wildman–Crippen MR) is 125 cm³/mol. The predicted octanol–water partition coefficient (Wildman–Crippen LogP) is 4.17. The Morgan fingerprint density at radius 3 is 2.45 bits per heavy atom. The Hall–Kier alpha value is -3.74. The first kappa shape index (κ1) is 23.9. The van der Waals surface area contributed by atoms with Crippen molar-refractivity contribution in [1.29, 1.82) is 5.26 Å². The lowest BCUT2D eigenvalue weighted by Gasteiger charge is -2.17. The highest BCUT2D eigenvalue weighted by atomic mass is 32.2. The number of benzene rings is 2. The Morgan fingerprint density at radius 1 is 1.09 bits per heavy atom. The molecule has 0 fully saturated rings. The van der Waals surface area contributed by atoms with Crippen molar-refractivity contribution in [2.24, 2.45) is 0 Å². The molecular weight excluding hydrogens is 440 g/mol. The number of aryl methyl sites for hydroxylation is 2. The van der Waals surface area contributed by atoms with E-state index in [1.165, 1.54) is 26.4 Å². The fraction of sp³-hybridized carbons (Fsp3) is 0.208. The van der Waals surface area contributed by atoms with Gasteiger partial charge >= 0.3 is 0 Å². The summed E-state index contributed by atoms with van der Waals surface area (Å²) in [6.45, 7) is 5.29. The van der Waals surface area contributed by atoms with Gasteiger partial charge in [-0.15, -0.1) is 0 Å². The van der Waals surface area contributed by atoms with Gasteiger partial charge in [-0.2, -0.15) is 5.26 Å². The molecule has 2 aromatic carbocycles. The van der Waals surface area contributed by atoms with Crippen LogP contribution in [-0.2, 0) is 10.0 Å². The number of rotatable bonds is 6. The van der Waals surface area contributed by atoms with Crippen LogP contribution in [0.1, 0.15) is 32.6 Å². The minimum Gasteiger partial charge on any atom is -0.438 e. The molecular formula is C24H24N4O4S. The molecule has 1 N–H and O–H groups in total. The number of amides is 1. The van der Waals surface area contributed by atoms with E-state index in [0.717, 1.165) is 9.87 Å². The van der Waals surface area contributed by atoms with E-state index in [1.807, 2.05) is 6.07 Å². The lowest BCUT2D eigenvalue weighted by Crippen LogP contribution is -2.24. The summed E-state index contributed by atoms with van der Waals surface area (Å²) in [5.41, 5.74) is 3.12. The summed E-state index contributed by atoms with van der Waals surface area (Å²) in [5.74, 6) is 0.230. The zero-order valence-corrected chi connectivity index (χ0v) is 19.8. The molecule has 170 valence electrons. The standard InChI is InChI=1S/C24H24N4O4S/c1-15-11-19(13-22(17(15)3)33(30,31)28(4)5)23(29)27-21-9-8-20(12-16(21)2)32-24-18(14-25)7-6-10-26-24/h6-13H,1-5H3,(H,27,29). The number of hydrogen-bond acceptors (Lipinski definition) is 6. The molecule has 3 aromatic rings. The molecule has 9 heteroatoms. The summed E-state index contributed by atoms with van der Waals surface area (Å²) in [7, 11) is -0.795. The van der Waals surface area contributed by atoms with Gasteiger partial charge in [0.1, 0.15) is 17.4 Å². The van der Waals surface area contributed by atoms with Crippen molar-refractivity contribution in [2.75, 3.05) is 19.4 Å². The van der Waals surface area contributed by atoms with Crippen molar-refractivity contribution in [3.8, 4) is 17.7 Å². The smallest absolute Gasteiger partial charge is 0.255 e. The van der Waals surface area contributed by atoms with E-state index in [4.69, 9.17) is 4.74 Å². The van der Waals surface area contributed by atoms with Gasteiger partial charge in [-0.25, -0.2) is 17.7 Å². The van der Waals surface area contributed by atoms with Crippen molar-refractivity contribution in [3.63, 3.8) is 0 Å². The number of aromatic nitrogens is 1. The van der Waals surface area contributed by atoms with E-state index in [1.54, 1.807) is 57.2 Å². The lowest BCUT2D eigenvalue weighted by molar-refractivity contribution is 0.102. The number of ether oxygens (including phenoxy) is 1. The molecule has 0 bridgehead atoms. The van der Waals surface area contributed by atoms with Crippen LogP contribution in [0, 0.1) is 32.1 Å². The lowest BCUT2D eigenvalue weighted by atomic mass is 10.1. The molecule has 0 spiro atoms. The van der Waals surface area contributed by atoms with Gasteiger partial charge in [-0.05, 0) is 79.9 Å². The minimum atomic E-state index is -3.70. The van der Waals surface area contributed by atoms with Crippen molar-refractivity contribution in [3.05, 3.63) is 76.5 Å². The van der Waals surface area contributed by atoms with Gasteiger partial charge in [0.15, 0.2) is 0 Å². The van der Waals surface area contributed by atoms with Gasteiger partial charge in [0.25, 0.3) is 5.91 Å². The van der Waals surface area contributed by atoms with Gasteiger partial charge in [0.2, 0.25) is 15.9 Å². The number of hydrogen-bond donors (Lipinski definition) is 1. The highest BCUT2D eigenvalue weighted by molar-refractivity contribution is 7.89. The van der Waals surface area contributed by atoms with Crippen molar-refractivity contribution < 1.29 is 17.9 Å². The Kier molecular flexibility index (Phi) is 6.81. The van der Waals surface area contributed by atoms with E-state index in [9.17, 15) is 18.5 Å². The van der Waals surface area contributed by atoms with Gasteiger partial charge < -0.3 is 10.1 Å². The number of carbonyl (C=O) groups is 1. The first-order chi connectivity index (χ1) is 15.5. The summed E-state index contributed by atoms with van der Waals surface area (Å²) >= 11 is 0. The molecule has 33 heavy (non-hydrogen) atoms. The van der Waals surface area contributed by atoms with E-state index >= 15 is 0 Å². The normalized spacial score (nSPS) is 11.2. The van der Waals surface area contributed by atoms with Gasteiger partial charge in [-0.3, -0.25) is 4.79 Å². The molecule has 0 saturated heterocycles. The molecule has 1 amide bonds. The zero-order chi connectivity index (χ0) is 24.3. The Bertz CT molecular complexity index is 1380. The Morgan fingerprint density at radius 2 is 1.82 bits per heavy atom. The first-order valence-corrected chi connectivity index (χ1v) is 11.5. The second kappa shape index (κ2) is 9.40. The largest absolute Gasteiger partial charge is 0.438 e. The fourth-order valence-electron chi connectivity index (χ4n) is 3.13. The van der Waals surface area contributed by atoms with Crippen molar-refractivity contribution in [2.45, 2.75) is 25.7 Å². The summed E-state index contributed by atoms with van der Waals surface area (Å²) < 4.78 is 32.2. The summed E-state index contributed by atoms with van der Waals surface area (Å²) in [4.78, 5) is 17.1. The molecule has 3 rings (SSSR count). The Labute approximate surface area is 193 Å². The second-order valence-corrected chi connectivity index (χ2v) is 9.82. The first-order valence-electron chi connectivity index (χ1n) is 10.0. The van der Waals surface area contributed by atoms with Crippen LogP contribution in [0.5, 0.6) is 11.6 Å². The zero-order valence-electron chi connectivity index (χ0n) is 19.0. The van der Waals surface area contributed by atoms with Crippen LogP contribution >= 0.6 is 0 Å². The molecule has 8 nitrogen and oxygen atoms in total. The minimum absolute atomic E-state index is 0.0989. The highest BCUT2D eigenvalue weighted by Gasteiger charge is 2.23. The van der Waals surface area contributed by atoms with Crippen molar-refractivity contribution >= 4 is 21.6 Å². The van der Waals surface area contributed by atoms with Gasteiger partial charge in [-0.1, -0.05) is 0 Å². The van der Waals surface area contributed by atoms with E-state index < -0.39 is 15.9 Å². The van der Waals surface area contributed by atoms with Crippen LogP contribution in [-0.4, -0.2) is 37.7 Å². The maximum absolute atomic E-state index is 12.9.